The Morgan fingerprint density at radius 2 is 1.83 bits per heavy atom. The Hall–Kier alpha value is -1.60. The van der Waals surface area contributed by atoms with Gasteiger partial charge in [0, 0.05) is 51.0 Å². The molecule has 0 radical (unpaired) electrons. The molecule has 1 amide bonds. The van der Waals surface area contributed by atoms with Gasteiger partial charge in [-0.1, -0.05) is 18.2 Å². The average molecular weight is 354 g/mol. The topological polar surface area (TPSA) is 66.9 Å². The van der Waals surface area contributed by atoms with E-state index in [-0.39, 0.29) is 18.1 Å². The lowest BCUT2D eigenvalue weighted by Crippen LogP contribution is -2.48. The van der Waals surface area contributed by atoms with E-state index in [0.29, 0.717) is 19.7 Å². The molecule has 1 aromatic carbocycles. The van der Waals surface area contributed by atoms with E-state index >= 15 is 0 Å². The summed E-state index contributed by atoms with van der Waals surface area (Å²) in [5.41, 5.74) is 1.15. The van der Waals surface area contributed by atoms with Gasteiger partial charge < -0.3 is 9.64 Å². The summed E-state index contributed by atoms with van der Waals surface area (Å²) in [7, 11) is -3.09. The van der Waals surface area contributed by atoms with Crippen molar-refractivity contribution in [2.24, 2.45) is 0 Å². The van der Waals surface area contributed by atoms with Crippen LogP contribution in [-0.2, 0) is 21.2 Å². The maximum Gasteiger partial charge on any atom is 0.223 e. The summed E-state index contributed by atoms with van der Waals surface area (Å²) in [5, 5.41) is 0. The summed E-state index contributed by atoms with van der Waals surface area (Å²) in [6.07, 6.45) is 1.24. The highest BCUT2D eigenvalue weighted by molar-refractivity contribution is 7.90. The maximum absolute atomic E-state index is 12.1. The number of para-hydroxylation sites is 1. The van der Waals surface area contributed by atoms with Gasteiger partial charge in [0.15, 0.2) is 0 Å². The van der Waals surface area contributed by atoms with Gasteiger partial charge in [0.1, 0.15) is 15.6 Å². The molecule has 24 heavy (non-hydrogen) atoms. The summed E-state index contributed by atoms with van der Waals surface area (Å²) < 4.78 is 28.0. The molecule has 1 aliphatic rings. The van der Waals surface area contributed by atoms with E-state index in [0.717, 1.165) is 37.2 Å². The van der Waals surface area contributed by atoms with Gasteiger partial charge in [-0.05, 0) is 13.0 Å². The number of carbonyl (C=O) groups is 1. The molecule has 0 bridgehead atoms. The number of ether oxygens (including phenoxy) is 1. The standard InChI is InChI=1S/C17H26N2O4S/c1-3-23-16-7-5-4-6-15(16)14-18-9-11-19(12-10-18)17(20)8-13-24(2,21)22/h4-7H,3,8-14H2,1-2H3. The number of nitrogens with zero attached hydrogens (tertiary/aromatic N) is 2. The molecular weight excluding hydrogens is 328 g/mol. The maximum atomic E-state index is 12.1. The zero-order valence-corrected chi connectivity index (χ0v) is 15.2. The average Bonchev–Trinajstić information content (AvgIpc) is 2.55. The van der Waals surface area contributed by atoms with Crippen molar-refractivity contribution >= 4 is 15.7 Å². The van der Waals surface area contributed by atoms with Gasteiger partial charge in [-0.15, -0.1) is 0 Å². The number of piperazine rings is 1. The van der Waals surface area contributed by atoms with Crippen molar-refractivity contribution in [2.75, 3.05) is 44.8 Å². The molecule has 7 heteroatoms. The van der Waals surface area contributed by atoms with E-state index in [9.17, 15) is 13.2 Å². The quantitative estimate of drug-likeness (QED) is 0.735. The van der Waals surface area contributed by atoms with Crippen molar-refractivity contribution in [3.8, 4) is 5.75 Å². The van der Waals surface area contributed by atoms with Crippen LogP contribution in [0.5, 0.6) is 5.75 Å². The number of benzene rings is 1. The van der Waals surface area contributed by atoms with Crippen molar-refractivity contribution in [3.05, 3.63) is 29.8 Å². The minimum Gasteiger partial charge on any atom is -0.494 e. The fraction of sp³-hybridized carbons (Fsp3) is 0.588. The summed E-state index contributed by atoms with van der Waals surface area (Å²) in [5.74, 6) is 0.759. The van der Waals surface area contributed by atoms with Crippen LogP contribution in [0.3, 0.4) is 0 Å². The second kappa shape index (κ2) is 8.48. The Kier molecular flexibility index (Phi) is 6.62. The molecule has 0 N–H and O–H groups in total. The molecule has 0 atom stereocenters. The zero-order chi connectivity index (χ0) is 17.6. The minimum absolute atomic E-state index is 0.0743. The molecule has 6 nitrogen and oxygen atoms in total. The van der Waals surface area contributed by atoms with Crippen LogP contribution < -0.4 is 4.74 Å². The highest BCUT2D eigenvalue weighted by Crippen LogP contribution is 2.20. The van der Waals surface area contributed by atoms with Crippen molar-refractivity contribution < 1.29 is 17.9 Å². The number of hydrogen-bond acceptors (Lipinski definition) is 5. The molecule has 1 heterocycles. The number of hydrogen-bond donors (Lipinski definition) is 0. The van der Waals surface area contributed by atoms with Gasteiger partial charge in [-0.2, -0.15) is 0 Å². The van der Waals surface area contributed by atoms with Crippen LogP contribution in [0.4, 0.5) is 0 Å². The first-order valence-corrected chi connectivity index (χ1v) is 10.3. The SMILES string of the molecule is CCOc1ccccc1CN1CCN(C(=O)CCS(C)(=O)=O)CC1. The van der Waals surface area contributed by atoms with E-state index in [2.05, 4.69) is 11.0 Å². The third kappa shape index (κ3) is 5.79. The number of amides is 1. The van der Waals surface area contributed by atoms with Crippen LogP contribution in [-0.4, -0.2) is 68.9 Å². The lowest BCUT2D eigenvalue weighted by molar-refractivity contribution is -0.132. The molecule has 2 rings (SSSR count). The third-order valence-electron chi connectivity index (χ3n) is 4.08. The summed E-state index contributed by atoms with van der Waals surface area (Å²) >= 11 is 0. The predicted molar refractivity (Wildman–Crippen MR) is 93.8 cm³/mol. The molecule has 0 spiro atoms. The third-order valence-corrected chi connectivity index (χ3v) is 5.02. The first kappa shape index (κ1) is 18.7. The molecular formula is C17H26N2O4S. The normalized spacial score (nSPS) is 16.2. The highest BCUT2D eigenvalue weighted by atomic mass is 32.2. The van der Waals surface area contributed by atoms with Crippen LogP contribution in [0.2, 0.25) is 0 Å². The van der Waals surface area contributed by atoms with Gasteiger partial charge in [-0.25, -0.2) is 8.42 Å². The number of rotatable bonds is 7. The first-order chi connectivity index (χ1) is 11.4. The van der Waals surface area contributed by atoms with Gasteiger partial charge in [0.2, 0.25) is 5.91 Å². The van der Waals surface area contributed by atoms with Gasteiger partial charge in [-0.3, -0.25) is 9.69 Å². The lowest BCUT2D eigenvalue weighted by atomic mass is 10.1. The molecule has 0 saturated carbocycles. The lowest BCUT2D eigenvalue weighted by Gasteiger charge is -2.35. The molecule has 134 valence electrons. The zero-order valence-electron chi connectivity index (χ0n) is 14.4. The molecule has 0 aromatic heterocycles. The Labute approximate surface area is 144 Å². The van der Waals surface area contributed by atoms with Crippen molar-refractivity contribution in [3.63, 3.8) is 0 Å². The van der Waals surface area contributed by atoms with E-state index in [1.807, 2.05) is 25.1 Å². The summed E-state index contributed by atoms with van der Waals surface area (Å²) in [6.45, 7) is 6.24. The van der Waals surface area contributed by atoms with Crippen molar-refractivity contribution in [2.45, 2.75) is 19.9 Å². The van der Waals surface area contributed by atoms with Crippen LogP contribution >= 0.6 is 0 Å². The number of sulfone groups is 1. The fourth-order valence-electron chi connectivity index (χ4n) is 2.76. The Bertz CT molecular complexity index is 652. The monoisotopic (exact) mass is 354 g/mol. The first-order valence-electron chi connectivity index (χ1n) is 8.27. The molecule has 0 unspecified atom stereocenters. The van der Waals surface area contributed by atoms with Crippen molar-refractivity contribution in [1.29, 1.82) is 0 Å². The van der Waals surface area contributed by atoms with E-state index < -0.39 is 9.84 Å². The second-order valence-electron chi connectivity index (χ2n) is 6.08. The van der Waals surface area contributed by atoms with Crippen molar-refractivity contribution in [1.82, 2.24) is 9.80 Å². The Morgan fingerprint density at radius 3 is 2.46 bits per heavy atom. The Morgan fingerprint density at radius 1 is 1.17 bits per heavy atom. The summed E-state index contributed by atoms with van der Waals surface area (Å²) in [6, 6.07) is 8.01. The van der Waals surface area contributed by atoms with Crippen LogP contribution in [0.15, 0.2) is 24.3 Å². The van der Waals surface area contributed by atoms with Crippen LogP contribution in [0.25, 0.3) is 0 Å². The van der Waals surface area contributed by atoms with E-state index in [1.165, 1.54) is 0 Å². The molecule has 1 aromatic rings. The second-order valence-corrected chi connectivity index (χ2v) is 8.34. The van der Waals surface area contributed by atoms with Crippen LogP contribution in [0.1, 0.15) is 18.9 Å². The van der Waals surface area contributed by atoms with E-state index in [4.69, 9.17) is 4.74 Å². The van der Waals surface area contributed by atoms with E-state index in [1.54, 1.807) is 4.90 Å². The Balaban J connectivity index is 1.84. The number of carbonyl (C=O) groups excluding carboxylic acids is 1. The minimum atomic E-state index is -3.09. The highest BCUT2D eigenvalue weighted by Gasteiger charge is 2.22. The largest absolute Gasteiger partial charge is 0.494 e. The molecule has 1 fully saturated rings. The van der Waals surface area contributed by atoms with Crippen LogP contribution in [0, 0.1) is 0 Å². The van der Waals surface area contributed by atoms with Gasteiger partial charge in [0.25, 0.3) is 0 Å². The predicted octanol–water partition coefficient (Wildman–Crippen LogP) is 1.16. The van der Waals surface area contributed by atoms with Gasteiger partial charge >= 0.3 is 0 Å². The molecule has 0 aliphatic carbocycles. The van der Waals surface area contributed by atoms with Gasteiger partial charge in [0.05, 0.1) is 12.4 Å². The molecule has 1 aliphatic heterocycles. The summed E-state index contributed by atoms with van der Waals surface area (Å²) in [4.78, 5) is 16.1. The smallest absolute Gasteiger partial charge is 0.223 e. The molecule has 1 saturated heterocycles. The fourth-order valence-corrected chi connectivity index (χ4v) is 3.30.